The minimum atomic E-state index is -1.66. The fraction of sp³-hybridized carbons (Fsp3) is 1.00. The molecule has 0 fully saturated rings. The molecule has 0 aromatic rings. The van der Waals surface area contributed by atoms with Gasteiger partial charge in [-0.3, -0.25) is 8.99 Å². The van der Waals surface area contributed by atoms with E-state index in [1.807, 2.05) is 0 Å². The van der Waals surface area contributed by atoms with Gasteiger partial charge in [-0.15, -0.1) is 0 Å². The first-order valence-corrected chi connectivity index (χ1v) is 3.15. The Bertz CT molecular complexity index is 87.0. The quantitative estimate of drug-likeness (QED) is 0.474. The van der Waals surface area contributed by atoms with Crippen LogP contribution in [-0.2, 0) is 10.6 Å². The Morgan fingerprint density at radius 3 is 1.83 bits per heavy atom. The van der Waals surface area contributed by atoms with Crippen LogP contribution in [0, 0.1) is 4.78 Å². The summed E-state index contributed by atoms with van der Waals surface area (Å²) in [7, 11) is -1.66. The maximum atomic E-state index is 9.96. The van der Waals surface area contributed by atoms with Gasteiger partial charge in [0.05, 0.1) is 0 Å². The average molecular weight is 107 g/mol. The molecule has 0 aliphatic heterocycles. The van der Waals surface area contributed by atoms with Crippen molar-refractivity contribution in [3.05, 3.63) is 0 Å². The molecule has 0 radical (unpaired) electrons. The number of hydrogen-bond acceptors (Lipinski definition) is 2. The van der Waals surface area contributed by atoms with E-state index in [9.17, 15) is 4.21 Å². The third-order valence-electron chi connectivity index (χ3n) is 0.469. The van der Waals surface area contributed by atoms with Gasteiger partial charge >= 0.3 is 0 Å². The molecule has 38 valence electrons. The van der Waals surface area contributed by atoms with Crippen LogP contribution in [0.1, 0.15) is 13.8 Å². The maximum Gasteiger partial charge on any atom is 0.0354 e. The van der Waals surface area contributed by atoms with Crippen LogP contribution >= 0.6 is 0 Å². The van der Waals surface area contributed by atoms with Crippen LogP contribution in [-0.4, -0.2) is 9.46 Å². The zero-order valence-electron chi connectivity index (χ0n) is 3.93. The van der Waals surface area contributed by atoms with Crippen LogP contribution in [0.4, 0.5) is 0 Å². The number of nitrogens with one attached hydrogen (secondary N) is 1. The van der Waals surface area contributed by atoms with Crippen molar-refractivity contribution in [3.63, 3.8) is 0 Å². The van der Waals surface area contributed by atoms with Gasteiger partial charge in [-0.1, -0.05) is 13.8 Å². The standard InChI is InChI=1S/C3H9NOS/c1-3(2)6(4)5/h3-4,6H,1-2H3. The van der Waals surface area contributed by atoms with Gasteiger partial charge in [0.2, 0.25) is 0 Å². The molecule has 0 aromatic carbocycles. The molecule has 2 nitrogen and oxygen atoms in total. The highest BCUT2D eigenvalue weighted by atomic mass is 32.2. The van der Waals surface area contributed by atoms with E-state index >= 15 is 0 Å². The number of thiol groups is 1. The van der Waals surface area contributed by atoms with Gasteiger partial charge in [-0.25, -0.2) is 0 Å². The van der Waals surface area contributed by atoms with Crippen LogP contribution < -0.4 is 0 Å². The Morgan fingerprint density at radius 2 is 1.83 bits per heavy atom. The predicted molar refractivity (Wildman–Crippen MR) is 27.4 cm³/mol. The van der Waals surface area contributed by atoms with Gasteiger partial charge in [-0.05, 0) is 0 Å². The first kappa shape index (κ1) is 5.95. The van der Waals surface area contributed by atoms with Gasteiger partial charge in [0.1, 0.15) is 0 Å². The summed E-state index contributed by atoms with van der Waals surface area (Å²) in [6.07, 6.45) is 0. The van der Waals surface area contributed by atoms with E-state index in [-0.39, 0.29) is 5.25 Å². The van der Waals surface area contributed by atoms with Crippen molar-refractivity contribution in [3.8, 4) is 0 Å². The minimum absolute atomic E-state index is 0.0278. The molecular weight excluding hydrogens is 98.1 g/mol. The van der Waals surface area contributed by atoms with Crippen LogP contribution in [0.15, 0.2) is 0 Å². The van der Waals surface area contributed by atoms with Crippen molar-refractivity contribution >= 4 is 10.6 Å². The third-order valence-corrected chi connectivity index (χ3v) is 1.41. The smallest absolute Gasteiger partial charge is 0.0354 e. The Hall–Kier alpha value is -0.0500. The van der Waals surface area contributed by atoms with Crippen LogP contribution in [0.2, 0.25) is 0 Å². The molecular formula is C3H9NOS. The van der Waals surface area contributed by atoms with Gasteiger partial charge < -0.3 is 0 Å². The molecule has 1 unspecified atom stereocenters. The molecule has 0 rings (SSSR count). The van der Waals surface area contributed by atoms with Crippen molar-refractivity contribution in [2.45, 2.75) is 19.1 Å². The van der Waals surface area contributed by atoms with Crippen molar-refractivity contribution in [2.75, 3.05) is 0 Å². The molecule has 0 bridgehead atoms. The topological polar surface area (TPSA) is 40.9 Å². The third kappa shape index (κ3) is 2.20. The van der Waals surface area contributed by atoms with Crippen LogP contribution in [0.3, 0.4) is 0 Å². The second kappa shape index (κ2) is 2.18. The zero-order chi connectivity index (χ0) is 5.15. The van der Waals surface area contributed by atoms with Crippen molar-refractivity contribution < 1.29 is 4.21 Å². The maximum absolute atomic E-state index is 9.96. The molecule has 0 amide bonds. The summed E-state index contributed by atoms with van der Waals surface area (Å²) in [5.41, 5.74) is 0. The summed E-state index contributed by atoms with van der Waals surface area (Å²) in [5.74, 6) is 0. The van der Waals surface area contributed by atoms with Crippen LogP contribution in [0.5, 0.6) is 0 Å². The Morgan fingerprint density at radius 1 is 1.67 bits per heavy atom. The molecule has 0 aromatic heterocycles. The lowest BCUT2D eigenvalue weighted by atomic mass is 10.6. The number of rotatable bonds is 1. The molecule has 0 spiro atoms. The molecule has 0 saturated heterocycles. The van der Waals surface area contributed by atoms with Crippen molar-refractivity contribution in [1.82, 2.24) is 0 Å². The molecule has 0 aliphatic carbocycles. The average Bonchev–Trinajstić information content (AvgIpc) is 1.36. The van der Waals surface area contributed by atoms with Gasteiger partial charge in [0, 0.05) is 15.8 Å². The summed E-state index contributed by atoms with van der Waals surface area (Å²) in [6, 6.07) is 0. The molecule has 0 aliphatic rings. The normalized spacial score (nSPS) is 15.2. The lowest BCUT2D eigenvalue weighted by molar-refractivity contribution is 0.681. The van der Waals surface area contributed by atoms with Crippen LogP contribution in [0.25, 0.3) is 0 Å². The van der Waals surface area contributed by atoms with Gasteiger partial charge in [-0.2, -0.15) is 0 Å². The van der Waals surface area contributed by atoms with E-state index in [0.29, 0.717) is 0 Å². The van der Waals surface area contributed by atoms with E-state index in [1.54, 1.807) is 13.8 Å². The molecule has 1 N–H and O–H groups in total. The minimum Gasteiger partial charge on any atom is -0.255 e. The lowest BCUT2D eigenvalue weighted by Crippen LogP contribution is -1.92. The zero-order valence-corrected chi connectivity index (χ0v) is 4.83. The second-order valence-corrected chi connectivity index (χ2v) is 3.10. The second-order valence-electron chi connectivity index (χ2n) is 1.42. The molecule has 3 heteroatoms. The highest BCUT2D eigenvalue weighted by molar-refractivity contribution is 7.74. The molecule has 6 heavy (non-hydrogen) atoms. The SMILES string of the molecule is CC(C)[SH](=N)=O. The summed E-state index contributed by atoms with van der Waals surface area (Å²) < 4.78 is 16.5. The molecule has 1 atom stereocenters. The van der Waals surface area contributed by atoms with E-state index in [2.05, 4.69) is 0 Å². The molecule has 0 saturated carbocycles. The van der Waals surface area contributed by atoms with E-state index in [1.165, 1.54) is 0 Å². The highest BCUT2D eigenvalue weighted by Crippen LogP contribution is 1.80. The lowest BCUT2D eigenvalue weighted by Gasteiger charge is -1.86. The Kier molecular flexibility index (Phi) is 2.16. The van der Waals surface area contributed by atoms with E-state index < -0.39 is 10.6 Å². The summed E-state index contributed by atoms with van der Waals surface area (Å²) >= 11 is 0. The van der Waals surface area contributed by atoms with Gasteiger partial charge in [0.25, 0.3) is 0 Å². The van der Waals surface area contributed by atoms with Crippen molar-refractivity contribution in [2.24, 2.45) is 0 Å². The predicted octanol–water partition coefficient (Wildman–Crippen LogP) is 0.638. The Labute approximate surface area is 39.6 Å². The van der Waals surface area contributed by atoms with E-state index in [4.69, 9.17) is 4.78 Å². The Balaban J connectivity index is 3.57. The highest BCUT2D eigenvalue weighted by Gasteiger charge is 1.84. The summed E-state index contributed by atoms with van der Waals surface area (Å²) in [6.45, 7) is 3.54. The largest absolute Gasteiger partial charge is 0.255 e. The molecule has 0 heterocycles. The first-order valence-electron chi connectivity index (χ1n) is 1.82. The fourth-order valence-electron chi connectivity index (χ4n) is 0. The number of hydrogen-bond donors (Lipinski definition) is 2. The summed E-state index contributed by atoms with van der Waals surface area (Å²) in [4.78, 5) is 0. The van der Waals surface area contributed by atoms with E-state index in [0.717, 1.165) is 0 Å². The monoisotopic (exact) mass is 107 g/mol. The summed E-state index contributed by atoms with van der Waals surface area (Å²) in [5, 5.41) is 0.0278. The fourth-order valence-corrected chi connectivity index (χ4v) is 0. The van der Waals surface area contributed by atoms with Gasteiger partial charge in [0.15, 0.2) is 0 Å². The first-order chi connectivity index (χ1) is 2.64. The van der Waals surface area contributed by atoms with Crippen molar-refractivity contribution in [1.29, 1.82) is 4.78 Å².